The molecular weight excluding hydrogens is 597 g/mol. The van der Waals surface area contributed by atoms with Gasteiger partial charge in [0.2, 0.25) is 0 Å². The van der Waals surface area contributed by atoms with Gasteiger partial charge in [-0.3, -0.25) is 0 Å². The van der Waals surface area contributed by atoms with Crippen molar-refractivity contribution in [3.63, 3.8) is 0 Å². The lowest BCUT2D eigenvalue weighted by molar-refractivity contribution is 0.669. The quantitative estimate of drug-likeness (QED) is 0.184. The van der Waals surface area contributed by atoms with Gasteiger partial charge >= 0.3 is 0 Å². The molecule has 3 heteroatoms. The van der Waals surface area contributed by atoms with Crippen molar-refractivity contribution < 1.29 is 4.42 Å². The molecule has 3 nitrogen and oxygen atoms in total. The Balaban J connectivity index is 1.25. The fourth-order valence-corrected chi connectivity index (χ4v) is 6.59. The Morgan fingerprint density at radius 2 is 0.776 bits per heavy atom. The topological polar surface area (TPSA) is 38.9 Å². The largest absolute Gasteiger partial charge is 0.456 e. The van der Waals surface area contributed by atoms with Gasteiger partial charge in [-0.15, -0.1) is 0 Å². The van der Waals surface area contributed by atoms with Crippen molar-refractivity contribution in [2.24, 2.45) is 0 Å². The smallest absolute Gasteiger partial charge is 0.160 e. The molecule has 9 rings (SSSR count). The fraction of sp³-hybridized carbons (Fsp3) is 0. The van der Waals surface area contributed by atoms with Crippen LogP contribution in [-0.4, -0.2) is 9.97 Å². The van der Waals surface area contributed by atoms with Crippen LogP contribution in [0.4, 0.5) is 0 Å². The zero-order valence-electron chi connectivity index (χ0n) is 26.6. The van der Waals surface area contributed by atoms with Gasteiger partial charge in [-0.25, -0.2) is 9.97 Å². The number of hydrogen-bond acceptors (Lipinski definition) is 3. The van der Waals surface area contributed by atoms with E-state index < -0.39 is 0 Å². The molecule has 230 valence electrons. The van der Waals surface area contributed by atoms with Crippen LogP contribution in [0.2, 0.25) is 0 Å². The highest BCUT2D eigenvalue weighted by Crippen LogP contribution is 2.37. The molecular formula is C46H30N2O. The third-order valence-electron chi connectivity index (χ3n) is 9.07. The van der Waals surface area contributed by atoms with E-state index in [2.05, 4.69) is 158 Å². The first-order valence-corrected chi connectivity index (χ1v) is 16.5. The van der Waals surface area contributed by atoms with Crippen LogP contribution >= 0.6 is 0 Å². The molecule has 0 atom stereocenters. The normalized spacial score (nSPS) is 11.3. The van der Waals surface area contributed by atoms with E-state index in [1.807, 2.05) is 24.3 Å². The van der Waals surface area contributed by atoms with Gasteiger partial charge in [-0.05, 0) is 81.9 Å². The van der Waals surface area contributed by atoms with Gasteiger partial charge in [0.05, 0.1) is 11.4 Å². The summed E-state index contributed by atoms with van der Waals surface area (Å²) in [7, 11) is 0. The number of benzene rings is 7. The lowest BCUT2D eigenvalue weighted by atomic mass is 9.94. The molecule has 0 radical (unpaired) electrons. The van der Waals surface area contributed by atoms with E-state index in [0.717, 1.165) is 83.4 Å². The minimum atomic E-state index is 0.687. The molecule has 49 heavy (non-hydrogen) atoms. The molecule has 2 aromatic heterocycles. The van der Waals surface area contributed by atoms with E-state index in [4.69, 9.17) is 14.4 Å². The average Bonchev–Trinajstić information content (AvgIpc) is 3.57. The average molecular weight is 627 g/mol. The second kappa shape index (κ2) is 12.2. The summed E-state index contributed by atoms with van der Waals surface area (Å²) in [6.07, 6.45) is 0. The van der Waals surface area contributed by atoms with Crippen LogP contribution < -0.4 is 0 Å². The lowest BCUT2D eigenvalue weighted by Crippen LogP contribution is -1.97. The van der Waals surface area contributed by atoms with Gasteiger partial charge < -0.3 is 4.42 Å². The van der Waals surface area contributed by atoms with Gasteiger partial charge in [0, 0.05) is 27.5 Å². The second-order valence-electron chi connectivity index (χ2n) is 12.2. The molecule has 0 fully saturated rings. The number of furan rings is 1. The minimum absolute atomic E-state index is 0.687. The molecule has 0 N–H and O–H groups in total. The zero-order chi connectivity index (χ0) is 32.6. The molecule has 0 saturated carbocycles. The van der Waals surface area contributed by atoms with Crippen LogP contribution in [0.3, 0.4) is 0 Å². The fourth-order valence-electron chi connectivity index (χ4n) is 6.59. The first-order chi connectivity index (χ1) is 24.2. The lowest BCUT2D eigenvalue weighted by Gasteiger charge is -2.14. The molecule has 0 unspecified atom stereocenters. The Morgan fingerprint density at radius 3 is 1.51 bits per heavy atom. The summed E-state index contributed by atoms with van der Waals surface area (Å²) >= 11 is 0. The van der Waals surface area contributed by atoms with Crippen LogP contribution in [0.5, 0.6) is 0 Å². The summed E-state index contributed by atoms with van der Waals surface area (Å²) in [6, 6.07) is 63.4. The van der Waals surface area contributed by atoms with Gasteiger partial charge in [0.1, 0.15) is 11.2 Å². The molecule has 0 spiro atoms. The van der Waals surface area contributed by atoms with Crippen molar-refractivity contribution in [1.29, 1.82) is 0 Å². The highest BCUT2D eigenvalue weighted by atomic mass is 16.3. The van der Waals surface area contributed by atoms with E-state index in [-0.39, 0.29) is 0 Å². The van der Waals surface area contributed by atoms with Crippen molar-refractivity contribution in [3.05, 3.63) is 182 Å². The van der Waals surface area contributed by atoms with E-state index in [1.165, 1.54) is 0 Å². The Morgan fingerprint density at radius 1 is 0.286 bits per heavy atom. The maximum atomic E-state index is 6.16. The highest BCUT2D eigenvalue weighted by Gasteiger charge is 2.15. The molecule has 0 saturated heterocycles. The third kappa shape index (κ3) is 5.58. The van der Waals surface area contributed by atoms with Crippen LogP contribution in [0, 0.1) is 0 Å². The predicted octanol–water partition coefficient (Wildman–Crippen LogP) is 12.4. The van der Waals surface area contributed by atoms with Crippen LogP contribution in [0.25, 0.3) is 89.2 Å². The van der Waals surface area contributed by atoms with Crippen molar-refractivity contribution in [2.45, 2.75) is 0 Å². The Hall–Kier alpha value is -6.58. The van der Waals surface area contributed by atoms with E-state index in [0.29, 0.717) is 5.82 Å². The number of hydrogen-bond donors (Lipinski definition) is 0. The number of aromatic nitrogens is 2. The predicted molar refractivity (Wildman–Crippen MR) is 202 cm³/mol. The highest BCUT2D eigenvalue weighted by molar-refractivity contribution is 6.06. The standard InChI is InChI=1S/C46H30N2O/c1-4-13-31(14-5-1)34-19-12-20-36(25-34)46-47-42(33-17-8-3-9-18-33)30-43(48-46)39-27-37(32-15-6-2-7-16-32)26-38(28-39)35-23-24-45-41(29-35)40-21-10-11-22-44(40)49-45/h1-30H. The molecule has 0 aliphatic heterocycles. The number of nitrogens with zero attached hydrogens (tertiary/aromatic N) is 2. The summed E-state index contributed by atoms with van der Waals surface area (Å²) in [4.78, 5) is 10.4. The number of para-hydroxylation sites is 1. The summed E-state index contributed by atoms with van der Waals surface area (Å²) in [5.41, 5.74) is 13.3. The Kier molecular flexibility index (Phi) is 7.14. The maximum absolute atomic E-state index is 6.16. The van der Waals surface area contributed by atoms with E-state index in [9.17, 15) is 0 Å². The van der Waals surface area contributed by atoms with Crippen LogP contribution in [-0.2, 0) is 0 Å². The van der Waals surface area contributed by atoms with Gasteiger partial charge in [-0.1, -0.05) is 133 Å². The molecule has 0 aliphatic carbocycles. The molecule has 0 aliphatic rings. The first-order valence-electron chi connectivity index (χ1n) is 16.5. The van der Waals surface area contributed by atoms with Gasteiger partial charge in [0.15, 0.2) is 5.82 Å². The van der Waals surface area contributed by atoms with Crippen LogP contribution in [0.15, 0.2) is 186 Å². The Bertz CT molecular complexity index is 2590. The minimum Gasteiger partial charge on any atom is -0.456 e. The van der Waals surface area contributed by atoms with Crippen molar-refractivity contribution in [1.82, 2.24) is 9.97 Å². The van der Waals surface area contributed by atoms with E-state index in [1.54, 1.807) is 0 Å². The molecule has 2 heterocycles. The SMILES string of the molecule is c1ccc(-c2cc(-c3ccc4oc5ccccc5c4c3)cc(-c3cc(-c4ccccc4)nc(-c4cccc(-c5ccccc5)c4)n3)c2)cc1. The van der Waals surface area contributed by atoms with E-state index >= 15 is 0 Å². The van der Waals surface area contributed by atoms with Gasteiger partial charge in [0.25, 0.3) is 0 Å². The monoisotopic (exact) mass is 626 g/mol. The summed E-state index contributed by atoms with van der Waals surface area (Å²) < 4.78 is 6.16. The summed E-state index contributed by atoms with van der Waals surface area (Å²) in [5.74, 6) is 0.687. The van der Waals surface area contributed by atoms with Crippen molar-refractivity contribution >= 4 is 21.9 Å². The molecule has 0 bridgehead atoms. The molecule has 0 amide bonds. The zero-order valence-corrected chi connectivity index (χ0v) is 26.6. The molecule has 9 aromatic rings. The summed E-state index contributed by atoms with van der Waals surface area (Å²) in [6.45, 7) is 0. The van der Waals surface area contributed by atoms with Crippen LogP contribution in [0.1, 0.15) is 0 Å². The number of rotatable bonds is 6. The molecule has 7 aromatic carbocycles. The first kappa shape index (κ1) is 28.6. The second-order valence-corrected chi connectivity index (χ2v) is 12.2. The summed E-state index contributed by atoms with van der Waals surface area (Å²) in [5, 5.41) is 2.22. The third-order valence-corrected chi connectivity index (χ3v) is 9.07. The van der Waals surface area contributed by atoms with Gasteiger partial charge in [-0.2, -0.15) is 0 Å². The number of fused-ring (bicyclic) bond motifs is 3. The van der Waals surface area contributed by atoms with Crippen molar-refractivity contribution in [3.8, 4) is 67.3 Å². The Labute approximate surface area is 284 Å². The maximum Gasteiger partial charge on any atom is 0.160 e. The van der Waals surface area contributed by atoms with Crippen molar-refractivity contribution in [2.75, 3.05) is 0 Å².